The summed E-state index contributed by atoms with van der Waals surface area (Å²) in [6.07, 6.45) is 1.68. The van der Waals surface area contributed by atoms with E-state index in [1.807, 2.05) is 19.1 Å². The highest BCUT2D eigenvalue weighted by molar-refractivity contribution is 6.30. The minimum Gasteiger partial charge on any atom is -0.493 e. The number of carboxylic acids is 1. The predicted molar refractivity (Wildman–Crippen MR) is 103 cm³/mol. The molecule has 2 aromatic carbocycles. The molecule has 2 N–H and O–H groups in total. The summed E-state index contributed by atoms with van der Waals surface area (Å²) >= 11 is 5.72. The molecule has 148 valence electrons. The summed E-state index contributed by atoms with van der Waals surface area (Å²) in [5, 5.41) is 12.2. The van der Waals surface area contributed by atoms with Gasteiger partial charge in [0.1, 0.15) is 11.6 Å². The number of carboxylic acid groups (broad SMARTS) is 1. The number of halogens is 2. The number of hydrogen-bond donors (Lipinski definition) is 2. The first-order valence-corrected chi connectivity index (χ1v) is 9.50. The van der Waals surface area contributed by atoms with Gasteiger partial charge in [-0.2, -0.15) is 0 Å². The maximum atomic E-state index is 13.9. The van der Waals surface area contributed by atoms with Crippen LogP contribution in [0.5, 0.6) is 5.75 Å². The van der Waals surface area contributed by atoms with Gasteiger partial charge in [0, 0.05) is 23.6 Å². The summed E-state index contributed by atoms with van der Waals surface area (Å²) < 4.78 is 19.6. The lowest BCUT2D eigenvalue weighted by molar-refractivity contribution is -0.141. The Kier molecular flexibility index (Phi) is 6.19. The molecule has 0 aliphatic carbocycles. The van der Waals surface area contributed by atoms with Crippen molar-refractivity contribution in [3.8, 4) is 5.75 Å². The molecule has 3 rings (SSSR count). The van der Waals surface area contributed by atoms with Crippen LogP contribution in [0.2, 0.25) is 5.02 Å². The first-order valence-electron chi connectivity index (χ1n) is 9.12. The zero-order valence-corrected chi connectivity index (χ0v) is 16.2. The van der Waals surface area contributed by atoms with Gasteiger partial charge in [-0.3, -0.25) is 9.59 Å². The Hall–Kier alpha value is -2.60. The summed E-state index contributed by atoms with van der Waals surface area (Å²) in [4.78, 5) is 23.7. The number of hydrogen-bond acceptors (Lipinski definition) is 3. The third kappa shape index (κ3) is 4.44. The summed E-state index contributed by atoms with van der Waals surface area (Å²) in [7, 11) is 0. The van der Waals surface area contributed by atoms with Crippen LogP contribution >= 0.6 is 11.6 Å². The third-order valence-corrected chi connectivity index (χ3v) is 5.09. The summed E-state index contributed by atoms with van der Waals surface area (Å²) in [6.45, 7) is 2.54. The first-order chi connectivity index (χ1) is 13.4. The van der Waals surface area contributed by atoms with Crippen LogP contribution < -0.4 is 10.1 Å². The molecule has 0 radical (unpaired) electrons. The minimum absolute atomic E-state index is 0.0879. The van der Waals surface area contributed by atoms with Crippen molar-refractivity contribution in [2.24, 2.45) is 5.92 Å². The molecule has 0 fully saturated rings. The highest BCUT2D eigenvalue weighted by Crippen LogP contribution is 2.32. The Bertz CT molecular complexity index is 916. The van der Waals surface area contributed by atoms with Gasteiger partial charge in [-0.15, -0.1) is 0 Å². The average Bonchev–Trinajstić information content (AvgIpc) is 3.12. The van der Waals surface area contributed by atoms with Gasteiger partial charge >= 0.3 is 5.97 Å². The van der Waals surface area contributed by atoms with Crippen molar-refractivity contribution in [2.75, 3.05) is 6.61 Å². The number of ether oxygens (including phenoxy) is 1. The molecule has 7 heteroatoms. The fourth-order valence-corrected chi connectivity index (χ4v) is 3.50. The Balaban J connectivity index is 1.79. The van der Waals surface area contributed by atoms with Crippen molar-refractivity contribution in [2.45, 2.75) is 32.7 Å². The van der Waals surface area contributed by atoms with E-state index in [1.165, 1.54) is 12.1 Å². The van der Waals surface area contributed by atoms with Crippen LogP contribution in [0.4, 0.5) is 4.39 Å². The van der Waals surface area contributed by atoms with Gasteiger partial charge in [0.2, 0.25) is 0 Å². The quantitative estimate of drug-likeness (QED) is 0.730. The van der Waals surface area contributed by atoms with Crippen molar-refractivity contribution < 1.29 is 23.8 Å². The van der Waals surface area contributed by atoms with Crippen molar-refractivity contribution >= 4 is 23.5 Å². The van der Waals surface area contributed by atoms with Crippen LogP contribution in [-0.2, 0) is 24.2 Å². The maximum absolute atomic E-state index is 13.9. The largest absolute Gasteiger partial charge is 0.493 e. The van der Waals surface area contributed by atoms with E-state index in [0.29, 0.717) is 25.2 Å². The van der Waals surface area contributed by atoms with Crippen molar-refractivity contribution in [1.82, 2.24) is 5.32 Å². The van der Waals surface area contributed by atoms with E-state index >= 15 is 0 Å². The number of rotatable bonds is 7. The molecular formula is C21H21ClFNO4. The summed E-state index contributed by atoms with van der Waals surface area (Å²) in [6, 6.07) is 7.71. The predicted octanol–water partition coefficient (Wildman–Crippen LogP) is 4.00. The lowest BCUT2D eigenvalue weighted by Crippen LogP contribution is -2.24. The topological polar surface area (TPSA) is 75.6 Å². The lowest BCUT2D eigenvalue weighted by Gasteiger charge is -2.15. The molecule has 0 bridgehead atoms. The molecule has 28 heavy (non-hydrogen) atoms. The maximum Gasteiger partial charge on any atom is 0.306 e. The van der Waals surface area contributed by atoms with Crippen LogP contribution in [0.3, 0.4) is 0 Å². The van der Waals surface area contributed by atoms with E-state index in [9.17, 15) is 19.1 Å². The molecule has 0 saturated heterocycles. The van der Waals surface area contributed by atoms with Gasteiger partial charge in [-0.05, 0) is 42.2 Å². The minimum atomic E-state index is -0.827. The summed E-state index contributed by atoms with van der Waals surface area (Å²) in [5.74, 6) is -1.82. The number of fused-ring (bicyclic) bond motifs is 1. The van der Waals surface area contributed by atoms with Gasteiger partial charge in [-0.1, -0.05) is 30.7 Å². The molecule has 1 aliphatic heterocycles. The number of benzene rings is 2. The fraction of sp³-hybridized carbons (Fsp3) is 0.333. The highest BCUT2D eigenvalue weighted by atomic mass is 35.5. The lowest BCUT2D eigenvalue weighted by atomic mass is 9.93. The number of carbonyl (C=O) groups excluding carboxylic acids is 1. The molecule has 0 saturated carbocycles. The van der Waals surface area contributed by atoms with E-state index in [2.05, 4.69) is 5.32 Å². The van der Waals surface area contributed by atoms with Crippen LogP contribution in [0.1, 0.15) is 40.4 Å². The van der Waals surface area contributed by atoms with Crippen LogP contribution in [-0.4, -0.2) is 23.6 Å². The molecule has 1 aliphatic rings. The second kappa shape index (κ2) is 8.61. The first kappa shape index (κ1) is 20.1. The molecule has 1 atom stereocenters. The molecule has 1 heterocycles. The third-order valence-electron chi connectivity index (χ3n) is 4.86. The SMILES string of the molecule is CCC(Cc1cc2c(c(CNC(=O)c3ccc(Cl)cc3F)c1)OCC2)C(=O)O. The van der Waals surface area contributed by atoms with E-state index in [0.717, 1.165) is 29.2 Å². The monoisotopic (exact) mass is 405 g/mol. The van der Waals surface area contributed by atoms with Gasteiger partial charge < -0.3 is 15.2 Å². The molecule has 0 aromatic heterocycles. The van der Waals surface area contributed by atoms with Crippen molar-refractivity contribution in [1.29, 1.82) is 0 Å². The van der Waals surface area contributed by atoms with E-state index in [1.54, 1.807) is 0 Å². The number of amides is 1. The Morgan fingerprint density at radius 3 is 2.79 bits per heavy atom. The van der Waals surface area contributed by atoms with E-state index < -0.39 is 23.6 Å². The average molecular weight is 406 g/mol. The molecular weight excluding hydrogens is 385 g/mol. The van der Waals surface area contributed by atoms with Crippen LogP contribution in [0.15, 0.2) is 30.3 Å². The molecule has 1 unspecified atom stereocenters. The highest BCUT2D eigenvalue weighted by Gasteiger charge is 2.22. The number of aliphatic carboxylic acids is 1. The zero-order chi connectivity index (χ0) is 20.3. The van der Waals surface area contributed by atoms with Crippen LogP contribution in [0.25, 0.3) is 0 Å². The standard InChI is InChI=1S/C21H21ClFNO4/c1-2-13(21(26)27)7-12-8-14-5-6-28-19(14)15(9-12)11-24-20(25)17-4-3-16(22)10-18(17)23/h3-4,8-10,13H,2,5-7,11H2,1H3,(H,24,25)(H,26,27). The molecule has 2 aromatic rings. The Labute approximate surface area is 167 Å². The van der Waals surface area contributed by atoms with Crippen molar-refractivity contribution in [3.63, 3.8) is 0 Å². The van der Waals surface area contributed by atoms with E-state index in [-0.39, 0.29) is 17.1 Å². The second-order valence-corrected chi connectivity index (χ2v) is 7.23. The number of nitrogens with one attached hydrogen (secondary N) is 1. The van der Waals surface area contributed by atoms with E-state index in [4.69, 9.17) is 16.3 Å². The number of carbonyl (C=O) groups is 2. The zero-order valence-electron chi connectivity index (χ0n) is 15.4. The molecule has 5 nitrogen and oxygen atoms in total. The van der Waals surface area contributed by atoms with Gasteiger partial charge in [0.25, 0.3) is 5.91 Å². The van der Waals surface area contributed by atoms with Gasteiger partial charge in [0.15, 0.2) is 0 Å². The Morgan fingerprint density at radius 1 is 1.32 bits per heavy atom. The summed E-state index contributed by atoms with van der Waals surface area (Å²) in [5.41, 5.74) is 2.56. The normalized spacial score (nSPS) is 13.5. The van der Waals surface area contributed by atoms with Gasteiger partial charge in [0.05, 0.1) is 18.1 Å². The molecule has 1 amide bonds. The fourth-order valence-electron chi connectivity index (χ4n) is 3.35. The van der Waals surface area contributed by atoms with Gasteiger partial charge in [-0.25, -0.2) is 4.39 Å². The second-order valence-electron chi connectivity index (χ2n) is 6.80. The smallest absolute Gasteiger partial charge is 0.306 e. The van der Waals surface area contributed by atoms with Crippen LogP contribution in [0, 0.1) is 11.7 Å². The van der Waals surface area contributed by atoms with Crippen molar-refractivity contribution in [3.05, 3.63) is 63.4 Å². The molecule has 0 spiro atoms. The Morgan fingerprint density at radius 2 is 2.11 bits per heavy atom.